The number of methoxy groups -OCH3 is 2. The number of hydrogen-bond donors (Lipinski definition) is 0. The van der Waals surface area contributed by atoms with Gasteiger partial charge in [-0.1, -0.05) is 20.4 Å². The first kappa shape index (κ1) is 16.1. The summed E-state index contributed by atoms with van der Waals surface area (Å²) in [5.41, 5.74) is 0. The highest BCUT2D eigenvalue weighted by Crippen LogP contribution is 2.29. The molecule has 0 bridgehead atoms. The second kappa shape index (κ2) is 8.23. The molecule has 0 radical (unpaired) electrons. The molecule has 0 spiro atoms. The van der Waals surface area contributed by atoms with Gasteiger partial charge in [0.2, 0.25) is 0 Å². The summed E-state index contributed by atoms with van der Waals surface area (Å²) in [5, 5.41) is 0. The summed E-state index contributed by atoms with van der Waals surface area (Å²) in [7, 11) is 3.36. The van der Waals surface area contributed by atoms with Gasteiger partial charge in [-0.05, 0) is 18.9 Å². The average molecular weight is 248 g/mol. The maximum Gasteiger partial charge on any atom is 0.194 e. The molecule has 1 atom stereocenters. The van der Waals surface area contributed by atoms with E-state index in [2.05, 4.69) is 20.4 Å². The van der Waals surface area contributed by atoms with Crippen LogP contribution < -0.4 is 0 Å². The smallest absolute Gasteiger partial charge is 0.194 e. The summed E-state index contributed by atoms with van der Waals surface area (Å²) in [4.78, 5) is 0. The van der Waals surface area contributed by atoms with Gasteiger partial charge in [-0.3, -0.25) is 0 Å². The Morgan fingerprint density at radius 2 is 1.75 bits per heavy atom. The van der Waals surface area contributed by atoms with Crippen LogP contribution in [0.3, 0.4) is 0 Å². The molecule has 1 unspecified atom stereocenters. The van der Waals surface area contributed by atoms with Gasteiger partial charge in [-0.25, -0.2) is 0 Å². The first-order valence-electron chi connectivity index (χ1n) is 6.28. The lowest BCUT2D eigenvalue weighted by Gasteiger charge is -2.39. The molecule has 0 N–H and O–H groups in total. The maximum absolute atomic E-state index is 5.82. The highest BCUT2D eigenvalue weighted by atomic mass is 28.2. The van der Waals surface area contributed by atoms with Crippen molar-refractivity contribution < 1.29 is 14.2 Å². The topological polar surface area (TPSA) is 27.7 Å². The molecule has 0 aromatic rings. The first-order valence-corrected chi connectivity index (χ1v) is 8.69. The minimum absolute atomic E-state index is 0.0711. The second-order valence-corrected chi connectivity index (χ2v) is 6.13. The van der Waals surface area contributed by atoms with Crippen LogP contribution in [0.4, 0.5) is 0 Å². The SMILES string of the molecule is CCOC(C[SiH2]C)C(CC(C)C)(OC)OC. The third-order valence-corrected chi connectivity index (χ3v) is 3.89. The van der Waals surface area contributed by atoms with Gasteiger partial charge in [-0.15, -0.1) is 0 Å². The van der Waals surface area contributed by atoms with Gasteiger partial charge in [0.15, 0.2) is 5.79 Å². The monoisotopic (exact) mass is 248 g/mol. The van der Waals surface area contributed by atoms with Crippen molar-refractivity contribution in [1.82, 2.24) is 0 Å². The van der Waals surface area contributed by atoms with Crippen molar-refractivity contribution in [3.8, 4) is 0 Å². The number of ether oxygens (including phenoxy) is 3. The molecule has 0 aliphatic carbocycles. The van der Waals surface area contributed by atoms with Gasteiger partial charge in [-0.2, -0.15) is 0 Å². The van der Waals surface area contributed by atoms with Crippen LogP contribution in [-0.4, -0.2) is 42.2 Å². The minimum Gasteiger partial charge on any atom is -0.373 e. The molecule has 0 saturated heterocycles. The van der Waals surface area contributed by atoms with E-state index >= 15 is 0 Å². The van der Waals surface area contributed by atoms with Crippen LogP contribution in [-0.2, 0) is 14.2 Å². The molecular weight excluding hydrogens is 220 g/mol. The fraction of sp³-hybridized carbons (Fsp3) is 1.00. The van der Waals surface area contributed by atoms with E-state index in [0.29, 0.717) is 12.5 Å². The third-order valence-electron chi connectivity index (χ3n) is 2.79. The summed E-state index contributed by atoms with van der Waals surface area (Å²) >= 11 is 0. The quantitative estimate of drug-likeness (QED) is 0.462. The van der Waals surface area contributed by atoms with Gasteiger partial charge in [0.1, 0.15) is 6.10 Å². The van der Waals surface area contributed by atoms with Gasteiger partial charge in [0.05, 0.1) is 0 Å². The number of hydrogen-bond acceptors (Lipinski definition) is 3. The fourth-order valence-corrected chi connectivity index (χ4v) is 3.24. The van der Waals surface area contributed by atoms with Crippen LogP contribution in [0, 0.1) is 5.92 Å². The highest BCUT2D eigenvalue weighted by Gasteiger charge is 2.40. The standard InChI is InChI=1S/C12H28O3Si/c1-7-15-11(9-16-6)12(13-4,14-5)8-10(2)3/h10-11H,7-9,16H2,1-6H3. The molecule has 0 heterocycles. The van der Waals surface area contributed by atoms with E-state index in [1.807, 2.05) is 6.92 Å². The Bertz CT molecular complexity index is 164. The highest BCUT2D eigenvalue weighted by molar-refractivity contribution is 6.33. The third kappa shape index (κ3) is 4.53. The Kier molecular flexibility index (Phi) is 8.28. The predicted octanol–water partition coefficient (Wildman–Crippen LogP) is 2.06. The summed E-state index contributed by atoms with van der Waals surface area (Å²) in [5.74, 6) is -0.0333. The molecule has 0 aromatic carbocycles. The van der Waals surface area contributed by atoms with Crippen molar-refractivity contribution in [3.05, 3.63) is 0 Å². The molecule has 0 aliphatic heterocycles. The molecule has 0 saturated carbocycles. The Labute approximate surface area is 103 Å². The zero-order valence-corrected chi connectivity index (χ0v) is 13.1. The van der Waals surface area contributed by atoms with E-state index < -0.39 is 5.79 Å². The van der Waals surface area contributed by atoms with Crippen LogP contribution in [0.15, 0.2) is 0 Å². The summed E-state index contributed by atoms with van der Waals surface area (Å²) in [6.07, 6.45) is 0.950. The molecule has 0 rings (SSSR count). The molecule has 0 amide bonds. The zero-order valence-electron chi connectivity index (χ0n) is 11.7. The Morgan fingerprint density at radius 1 is 1.19 bits per heavy atom. The maximum atomic E-state index is 5.82. The summed E-state index contributed by atoms with van der Waals surface area (Å²) < 4.78 is 17.1. The lowest BCUT2D eigenvalue weighted by atomic mass is 9.98. The summed E-state index contributed by atoms with van der Waals surface area (Å²) in [6.45, 7) is 9.39. The zero-order chi connectivity index (χ0) is 12.6. The van der Waals surface area contributed by atoms with Crippen LogP contribution in [0.1, 0.15) is 27.2 Å². The lowest BCUT2D eigenvalue weighted by molar-refractivity contribution is -0.271. The summed E-state index contributed by atoms with van der Waals surface area (Å²) in [6, 6.07) is 1.10. The van der Waals surface area contributed by atoms with Gasteiger partial charge < -0.3 is 14.2 Å². The van der Waals surface area contributed by atoms with Crippen LogP contribution in [0.5, 0.6) is 0 Å². The molecular formula is C12H28O3Si. The van der Waals surface area contributed by atoms with Gasteiger partial charge in [0.25, 0.3) is 0 Å². The van der Waals surface area contributed by atoms with Crippen LogP contribution in [0.25, 0.3) is 0 Å². The predicted molar refractivity (Wildman–Crippen MR) is 70.8 cm³/mol. The van der Waals surface area contributed by atoms with E-state index in [1.165, 1.54) is 0 Å². The van der Waals surface area contributed by atoms with E-state index in [4.69, 9.17) is 14.2 Å². The van der Waals surface area contributed by atoms with E-state index in [0.717, 1.165) is 12.5 Å². The molecule has 4 heteroatoms. The van der Waals surface area contributed by atoms with Crippen molar-refractivity contribution in [2.45, 2.75) is 51.7 Å². The molecule has 98 valence electrons. The lowest BCUT2D eigenvalue weighted by Crippen LogP contribution is -2.48. The van der Waals surface area contributed by atoms with Crippen molar-refractivity contribution >= 4 is 9.52 Å². The van der Waals surface area contributed by atoms with Crippen molar-refractivity contribution in [2.24, 2.45) is 5.92 Å². The Morgan fingerprint density at radius 3 is 2.06 bits per heavy atom. The first-order chi connectivity index (χ1) is 7.56. The Balaban J connectivity index is 4.77. The van der Waals surface area contributed by atoms with Crippen molar-refractivity contribution in [3.63, 3.8) is 0 Å². The van der Waals surface area contributed by atoms with Crippen LogP contribution in [0.2, 0.25) is 12.6 Å². The molecule has 0 aliphatic rings. The fourth-order valence-electron chi connectivity index (χ4n) is 2.11. The van der Waals surface area contributed by atoms with Gasteiger partial charge >= 0.3 is 0 Å². The normalized spacial score (nSPS) is 15.2. The largest absolute Gasteiger partial charge is 0.373 e. The van der Waals surface area contributed by atoms with Gasteiger partial charge in [0, 0.05) is 36.8 Å². The Hall–Kier alpha value is 0.0969. The molecule has 3 nitrogen and oxygen atoms in total. The number of rotatable bonds is 9. The van der Waals surface area contributed by atoms with Crippen molar-refractivity contribution in [2.75, 3.05) is 20.8 Å². The molecule has 0 aromatic heterocycles. The van der Waals surface area contributed by atoms with E-state index in [1.54, 1.807) is 14.2 Å². The van der Waals surface area contributed by atoms with E-state index in [9.17, 15) is 0 Å². The second-order valence-electron chi connectivity index (χ2n) is 4.55. The molecule has 16 heavy (non-hydrogen) atoms. The minimum atomic E-state index is -0.562. The molecule has 0 fully saturated rings. The van der Waals surface area contributed by atoms with Crippen molar-refractivity contribution in [1.29, 1.82) is 0 Å². The van der Waals surface area contributed by atoms with Crippen LogP contribution >= 0.6 is 0 Å². The van der Waals surface area contributed by atoms with E-state index in [-0.39, 0.29) is 15.6 Å². The average Bonchev–Trinajstić information content (AvgIpc) is 2.25.